The van der Waals surface area contributed by atoms with Gasteiger partial charge in [-0.15, -0.1) is 0 Å². The van der Waals surface area contributed by atoms with Crippen LogP contribution in [0.4, 0.5) is 5.95 Å². The van der Waals surface area contributed by atoms with Crippen LogP contribution in [0.3, 0.4) is 0 Å². The van der Waals surface area contributed by atoms with Crippen molar-refractivity contribution in [2.24, 2.45) is 5.41 Å². The Morgan fingerprint density at radius 1 is 1.25 bits per heavy atom. The van der Waals surface area contributed by atoms with Crippen molar-refractivity contribution < 1.29 is 4.74 Å². The Morgan fingerprint density at radius 3 is 2.57 bits per heavy atom. The van der Waals surface area contributed by atoms with Gasteiger partial charge in [0.25, 0.3) is 0 Å². The summed E-state index contributed by atoms with van der Waals surface area (Å²) in [6, 6.07) is 7.93. The topological polar surface area (TPSA) is 62.3 Å². The molecule has 0 bridgehead atoms. The van der Waals surface area contributed by atoms with Gasteiger partial charge in [0.05, 0.1) is 30.1 Å². The predicted molar refractivity (Wildman–Crippen MR) is 116 cm³/mol. The summed E-state index contributed by atoms with van der Waals surface area (Å²) in [6.45, 7) is 6.49. The molecule has 1 aromatic carbocycles. The zero-order valence-electron chi connectivity index (χ0n) is 15.9. The fourth-order valence-electron chi connectivity index (χ4n) is 3.59. The normalized spacial score (nSPS) is 18.0. The van der Waals surface area contributed by atoms with E-state index in [-0.39, 0.29) is 0 Å². The van der Waals surface area contributed by atoms with Crippen molar-refractivity contribution in [3.63, 3.8) is 0 Å². The minimum atomic E-state index is 0.390. The van der Waals surface area contributed by atoms with Crippen LogP contribution in [0.15, 0.2) is 30.5 Å². The van der Waals surface area contributed by atoms with Gasteiger partial charge in [-0.05, 0) is 12.8 Å². The Balaban J connectivity index is 1.50. The average molecular weight is 418 g/mol. The van der Waals surface area contributed by atoms with Crippen LogP contribution in [-0.4, -0.2) is 47.8 Å². The Labute approximate surface area is 175 Å². The van der Waals surface area contributed by atoms with E-state index in [1.54, 1.807) is 6.20 Å². The van der Waals surface area contributed by atoms with Crippen LogP contribution in [0.1, 0.15) is 25.3 Å². The smallest absolute Gasteiger partial charge is 0.225 e. The van der Waals surface area contributed by atoms with Crippen molar-refractivity contribution in [3.05, 3.63) is 41.0 Å². The molecule has 8 heteroatoms. The molecule has 148 valence electrons. The highest BCUT2D eigenvalue weighted by atomic mass is 35.5. The minimum Gasteiger partial charge on any atom is -0.380 e. The molecule has 0 unspecified atom stereocenters. The number of thiocarbonyl (C=S) groups is 1. The Bertz CT molecular complexity index is 846. The van der Waals surface area contributed by atoms with Crippen molar-refractivity contribution in [2.45, 2.75) is 19.8 Å². The van der Waals surface area contributed by atoms with Gasteiger partial charge in [0.15, 0.2) is 0 Å². The van der Waals surface area contributed by atoms with Crippen LogP contribution in [0.25, 0.3) is 11.3 Å². The summed E-state index contributed by atoms with van der Waals surface area (Å²) < 4.78 is 5.41. The molecule has 2 aliphatic rings. The van der Waals surface area contributed by atoms with Crippen molar-refractivity contribution in [1.82, 2.24) is 20.8 Å². The van der Waals surface area contributed by atoms with Crippen LogP contribution >= 0.6 is 23.8 Å². The lowest BCUT2D eigenvalue weighted by Crippen LogP contribution is -2.51. The molecule has 0 saturated carbocycles. The number of nitrogens with one attached hydrogen (secondary N) is 2. The maximum Gasteiger partial charge on any atom is 0.225 e. The maximum absolute atomic E-state index is 6.41. The van der Waals surface area contributed by atoms with Crippen LogP contribution in [0.5, 0.6) is 0 Å². The molecule has 2 saturated heterocycles. The van der Waals surface area contributed by atoms with E-state index < -0.39 is 0 Å². The number of hydrazine groups is 1. The van der Waals surface area contributed by atoms with E-state index in [0.717, 1.165) is 68.5 Å². The molecule has 0 atom stereocenters. The fourth-order valence-corrected chi connectivity index (χ4v) is 4.00. The highest BCUT2D eigenvalue weighted by Gasteiger charge is 2.41. The van der Waals surface area contributed by atoms with Gasteiger partial charge in [0.2, 0.25) is 5.95 Å². The van der Waals surface area contributed by atoms with Gasteiger partial charge in [-0.25, -0.2) is 15.4 Å². The third kappa shape index (κ3) is 3.98. The highest BCUT2D eigenvalue weighted by Crippen LogP contribution is 2.39. The number of benzene rings is 1. The minimum absolute atomic E-state index is 0.390. The number of anilines is 1. The molecule has 0 amide bonds. The molecule has 28 heavy (non-hydrogen) atoms. The Morgan fingerprint density at radius 2 is 1.96 bits per heavy atom. The zero-order valence-corrected chi connectivity index (χ0v) is 17.4. The first-order valence-electron chi connectivity index (χ1n) is 9.59. The lowest BCUT2D eigenvalue weighted by molar-refractivity contribution is -0.124. The monoisotopic (exact) mass is 417 g/mol. The summed E-state index contributed by atoms with van der Waals surface area (Å²) in [7, 11) is 0. The molecular weight excluding hydrogens is 394 g/mol. The SMILES string of the molecule is CCNNC(=S)c1ccc(-c2nc(N3CCC4(CC3)COC4)ncc2Cl)cc1. The molecule has 1 spiro atoms. The van der Waals surface area contributed by atoms with Crippen molar-refractivity contribution >= 4 is 34.8 Å². The van der Waals surface area contributed by atoms with Gasteiger partial charge in [-0.2, -0.15) is 0 Å². The van der Waals surface area contributed by atoms with E-state index in [1.165, 1.54) is 0 Å². The first-order chi connectivity index (χ1) is 13.6. The van der Waals surface area contributed by atoms with Gasteiger partial charge in [0, 0.05) is 36.2 Å². The fraction of sp³-hybridized carbons (Fsp3) is 0.450. The van der Waals surface area contributed by atoms with Gasteiger partial charge in [-0.1, -0.05) is 55.0 Å². The second kappa shape index (κ2) is 8.29. The summed E-state index contributed by atoms with van der Waals surface area (Å²) in [4.78, 5) is 12.1. The van der Waals surface area contributed by atoms with Crippen molar-refractivity contribution in [1.29, 1.82) is 0 Å². The largest absolute Gasteiger partial charge is 0.380 e. The molecular formula is C20H24ClN5OS. The summed E-state index contributed by atoms with van der Waals surface area (Å²) in [5.74, 6) is 0.739. The summed E-state index contributed by atoms with van der Waals surface area (Å²) in [5, 5.41) is 0.547. The summed E-state index contributed by atoms with van der Waals surface area (Å²) in [5.41, 5.74) is 9.04. The van der Waals surface area contributed by atoms with E-state index >= 15 is 0 Å². The molecule has 2 aromatic rings. The van der Waals surface area contributed by atoms with Gasteiger partial charge < -0.3 is 15.1 Å². The van der Waals surface area contributed by atoms with E-state index in [4.69, 9.17) is 33.5 Å². The van der Waals surface area contributed by atoms with Gasteiger partial charge in [-0.3, -0.25) is 0 Å². The Hall–Kier alpha value is -1.80. The van der Waals surface area contributed by atoms with Crippen LogP contribution in [-0.2, 0) is 4.74 Å². The molecule has 3 heterocycles. The number of piperidine rings is 1. The number of rotatable bonds is 5. The molecule has 2 aliphatic heterocycles. The van der Waals surface area contributed by atoms with E-state index in [2.05, 4.69) is 20.7 Å². The highest BCUT2D eigenvalue weighted by molar-refractivity contribution is 7.80. The number of nitrogens with zero attached hydrogens (tertiary/aromatic N) is 3. The van der Waals surface area contributed by atoms with Crippen LogP contribution in [0.2, 0.25) is 5.02 Å². The average Bonchev–Trinajstić information content (AvgIpc) is 2.71. The Kier molecular flexibility index (Phi) is 5.78. The lowest BCUT2D eigenvalue weighted by atomic mass is 9.77. The molecule has 0 radical (unpaired) electrons. The first-order valence-corrected chi connectivity index (χ1v) is 10.4. The third-order valence-corrected chi connectivity index (χ3v) is 6.07. The molecule has 2 fully saturated rings. The van der Waals surface area contributed by atoms with Gasteiger partial charge >= 0.3 is 0 Å². The third-order valence-electron chi connectivity index (χ3n) is 5.45. The van der Waals surface area contributed by atoms with Crippen molar-refractivity contribution in [2.75, 3.05) is 37.7 Å². The predicted octanol–water partition coefficient (Wildman–Crippen LogP) is 3.20. The summed E-state index contributed by atoms with van der Waals surface area (Å²) in [6.07, 6.45) is 3.94. The van der Waals surface area contributed by atoms with E-state index in [0.29, 0.717) is 15.4 Å². The van der Waals surface area contributed by atoms with E-state index in [1.807, 2.05) is 31.2 Å². The molecule has 6 nitrogen and oxygen atoms in total. The maximum atomic E-state index is 6.41. The molecule has 2 N–H and O–H groups in total. The quantitative estimate of drug-likeness (QED) is 0.572. The second-order valence-electron chi connectivity index (χ2n) is 7.41. The zero-order chi connectivity index (χ0) is 19.6. The van der Waals surface area contributed by atoms with Crippen LogP contribution in [0, 0.1) is 5.41 Å². The van der Waals surface area contributed by atoms with E-state index in [9.17, 15) is 0 Å². The molecule has 4 rings (SSSR count). The molecule has 0 aliphatic carbocycles. The number of aromatic nitrogens is 2. The lowest BCUT2D eigenvalue weighted by Gasteiger charge is -2.47. The number of hydrogen-bond donors (Lipinski definition) is 2. The standard InChI is InChI=1S/C20H24ClN5OS/c1-2-23-25-18(28)15-5-3-14(4-6-15)17-16(21)11-22-19(24-17)26-9-7-20(8-10-26)12-27-13-20/h3-6,11,23H,2,7-10,12-13H2,1H3,(H,25,28). The van der Waals surface area contributed by atoms with Crippen LogP contribution < -0.4 is 15.8 Å². The number of hydrogen-bond acceptors (Lipinski definition) is 6. The number of halogens is 1. The summed E-state index contributed by atoms with van der Waals surface area (Å²) >= 11 is 11.8. The number of ether oxygens (including phenoxy) is 1. The second-order valence-corrected chi connectivity index (χ2v) is 8.22. The first kappa shape index (κ1) is 19.5. The van der Waals surface area contributed by atoms with Gasteiger partial charge in [0.1, 0.15) is 4.99 Å². The van der Waals surface area contributed by atoms with Crippen molar-refractivity contribution in [3.8, 4) is 11.3 Å². The molecule has 1 aromatic heterocycles.